The molecule has 0 fully saturated rings. The van der Waals surface area contributed by atoms with Crippen molar-refractivity contribution in [1.29, 1.82) is 0 Å². The lowest BCUT2D eigenvalue weighted by molar-refractivity contribution is -0.140. The number of benzene rings is 2. The third-order valence-electron chi connectivity index (χ3n) is 6.27. The Labute approximate surface area is 232 Å². The second-order valence-corrected chi connectivity index (χ2v) is 9.73. The number of hydrogen-bond donors (Lipinski definition) is 5. The molecule has 0 atom stereocenters. The van der Waals surface area contributed by atoms with Gasteiger partial charge in [-0.25, -0.2) is 0 Å². The Hall–Kier alpha value is -4.22. The molecule has 0 heterocycles. The first-order valence-corrected chi connectivity index (χ1v) is 12.7. The molecule has 0 saturated carbocycles. The first-order valence-electron chi connectivity index (χ1n) is 12.7. The van der Waals surface area contributed by atoms with E-state index >= 15 is 0 Å². The van der Waals surface area contributed by atoms with Crippen LogP contribution in [-0.2, 0) is 45.1 Å². The molecule has 2 aromatic rings. The van der Waals surface area contributed by atoms with Gasteiger partial charge in [0, 0.05) is 50.1 Å². The lowest BCUT2D eigenvalue weighted by atomic mass is 10.0. The topological polar surface area (TPSA) is 176 Å². The number of carbonyl (C=O) groups is 4. The van der Waals surface area contributed by atoms with Crippen LogP contribution in [-0.4, -0.2) is 85.2 Å². The third-order valence-corrected chi connectivity index (χ3v) is 6.27. The highest BCUT2D eigenvalue weighted by atomic mass is 16.4. The van der Waals surface area contributed by atoms with Crippen molar-refractivity contribution in [2.45, 2.75) is 45.7 Å². The van der Waals surface area contributed by atoms with Crippen LogP contribution in [0.15, 0.2) is 48.6 Å². The van der Waals surface area contributed by atoms with E-state index in [1.807, 2.05) is 0 Å². The summed E-state index contributed by atoms with van der Waals surface area (Å²) >= 11 is 0. The Kier molecular flexibility index (Phi) is 12.3. The number of nitrogens with zero attached hydrogens (tertiary/aromatic N) is 2. The van der Waals surface area contributed by atoms with Crippen LogP contribution in [0.5, 0.6) is 11.5 Å². The molecule has 2 rings (SSSR count). The number of aryl methyl sites for hydroxylation is 2. The van der Waals surface area contributed by atoms with Crippen LogP contribution >= 0.6 is 0 Å². The number of phenols is 2. The monoisotopic (exact) mass is 556 g/mol. The predicted octanol–water partition coefficient (Wildman–Crippen LogP) is 2.67. The van der Waals surface area contributed by atoms with Crippen LogP contribution in [0, 0.1) is 0 Å². The van der Waals surface area contributed by atoms with Gasteiger partial charge in [-0.2, -0.15) is 0 Å². The summed E-state index contributed by atoms with van der Waals surface area (Å²) in [6, 6.07) is 9.56. The van der Waals surface area contributed by atoms with E-state index < -0.39 is 17.9 Å². The summed E-state index contributed by atoms with van der Waals surface area (Å²) in [6.45, 7) is 4.91. The van der Waals surface area contributed by atoms with Gasteiger partial charge in [-0.15, -0.1) is 0 Å². The summed E-state index contributed by atoms with van der Waals surface area (Å²) in [6.07, 6.45) is 0.843. The van der Waals surface area contributed by atoms with Gasteiger partial charge in [0.15, 0.2) is 5.78 Å². The number of hydrogen-bond acceptors (Lipinski definition) is 8. The minimum atomic E-state index is -1.11. The molecule has 0 aliphatic heterocycles. The van der Waals surface area contributed by atoms with E-state index in [9.17, 15) is 39.6 Å². The number of phenolic OH excluding ortho intramolecular Hbond substituents is 2. The molecule has 0 aliphatic rings. The third kappa shape index (κ3) is 11.3. The second kappa shape index (κ2) is 15.4. The average molecular weight is 557 g/mol. The smallest absolute Gasteiger partial charge is 0.317 e. The summed E-state index contributed by atoms with van der Waals surface area (Å²) in [5.41, 5.74) is 2.82. The number of carboxylic acids is 3. The van der Waals surface area contributed by atoms with Crippen molar-refractivity contribution in [2.24, 2.45) is 0 Å². The molecule has 0 saturated heterocycles. The molecule has 216 valence electrons. The quantitative estimate of drug-likeness (QED) is 0.171. The Bertz CT molecular complexity index is 1240. The molecule has 2 aromatic carbocycles. The molecular formula is C29H36N2O9. The molecule has 0 bridgehead atoms. The molecule has 40 heavy (non-hydrogen) atoms. The fourth-order valence-electron chi connectivity index (χ4n) is 4.14. The Morgan fingerprint density at radius 3 is 1.50 bits per heavy atom. The first kappa shape index (κ1) is 32.0. The summed E-state index contributed by atoms with van der Waals surface area (Å²) in [5.74, 6) is -3.34. The van der Waals surface area contributed by atoms with Crippen LogP contribution in [0.25, 0.3) is 0 Å². The molecule has 0 aliphatic carbocycles. The van der Waals surface area contributed by atoms with Crippen LogP contribution in [0.4, 0.5) is 0 Å². The molecule has 11 heteroatoms. The highest BCUT2D eigenvalue weighted by Crippen LogP contribution is 2.23. The maximum atomic E-state index is 11.9. The van der Waals surface area contributed by atoms with Gasteiger partial charge in [-0.05, 0) is 48.6 Å². The van der Waals surface area contributed by atoms with Crippen molar-refractivity contribution < 1.29 is 44.7 Å². The van der Waals surface area contributed by atoms with E-state index in [-0.39, 0.29) is 75.8 Å². The van der Waals surface area contributed by atoms with E-state index in [2.05, 4.69) is 6.58 Å². The van der Waals surface area contributed by atoms with Crippen molar-refractivity contribution in [3.8, 4) is 11.5 Å². The lowest BCUT2D eigenvalue weighted by Crippen LogP contribution is -2.39. The Balaban J connectivity index is 2.17. The molecule has 0 amide bonds. The minimum Gasteiger partial charge on any atom is -0.508 e. The first-order chi connectivity index (χ1) is 18.8. The molecule has 5 N–H and O–H groups in total. The van der Waals surface area contributed by atoms with E-state index in [1.165, 1.54) is 17.0 Å². The summed E-state index contributed by atoms with van der Waals surface area (Å²) in [5, 5.41) is 48.5. The zero-order valence-corrected chi connectivity index (χ0v) is 22.5. The van der Waals surface area contributed by atoms with Gasteiger partial charge in [0.25, 0.3) is 0 Å². The number of aromatic hydroxyl groups is 2. The SMILES string of the molecule is C=C(C)C(=O)CCc1ccc(O)c(CN(CCN(CC(=O)O)Cc2cc(CCC(=O)O)ccc2O)CC(=O)O)c1. The number of carboxylic acid groups (broad SMARTS) is 3. The van der Waals surface area contributed by atoms with Gasteiger partial charge >= 0.3 is 17.9 Å². The lowest BCUT2D eigenvalue weighted by Gasteiger charge is -2.26. The largest absolute Gasteiger partial charge is 0.508 e. The van der Waals surface area contributed by atoms with Crippen molar-refractivity contribution in [1.82, 2.24) is 9.80 Å². The molecule has 0 spiro atoms. The van der Waals surface area contributed by atoms with Gasteiger partial charge in [-0.1, -0.05) is 30.8 Å². The van der Waals surface area contributed by atoms with Crippen LogP contribution in [0.3, 0.4) is 0 Å². The maximum Gasteiger partial charge on any atom is 0.317 e. The van der Waals surface area contributed by atoms with Crippen LogP contribution in [0.1, 0.15) is 42.0 Å². The molecule has 0 radical (unpaired) electrons. The fraction of sp³-hybridized carbons (Fsp3) is 0.379. The molecule has 0 unspecified atom stereocenters. The van der Waals surface area contributed by atoms with Gasteiger partial charge < -0.3 is 25.5 Å². The summed E-state index contributed by atoms with van der Waals surface area (Å²) in [7, 11) is 0. The number of Topliss-reactive ketones (excluding diaryl/α,β-unsaturated/α-hetero) is 1. The number of rotatable bonds is 18. The Morgan fingerprint density at radius 1 is 0.700 bits per heavy atom. The molecular weight excluding hydrogens is 520 g/mol. The van der Waals surface area contributed by atoms with Crippen molar-refractivity contribution in [2.75, 3.05) is 26.2 Å². The molecule has 11 nitrogen and oxygen atoms in total. The zero-order valence-electron chi connectivity index (χ0n) is 22.5. The van der Waals surface area contributed by atoms with Crippen LogP contribution < -0.4 is 0 Å². The summed E-state index contributed by atoms with van der Waals surface area (Å²) < 4.78 is 0. The van der Waals surface area contributed by atoms with Gasteiger partial charge in [0.2, 0.25) is 0 Å². The fourth-order valence-corrected chi connectivity index (χ4v) is 4.14. The van der Waals surface area contributed by atoms with Crippen molar-refractivity contribution >= 4 is 23.7 Å². The van der Waals surface area contributed by atoms with Crippen LogP contribution in [0.2, 0.25) is 0 Å². The normalized spacial score (nSPS) is 11.1. The van der Waals surface area contributed by atoms with E-state index in [4.69, 9.17) is 5.11 Å². The van der Waals surface area contributed by atoms with Crippen molar-refractivity contribution in [3.63, 3.8) is 0 Å². The highest BCUT2D eigenvalue weighted by molar-refractivity contribution is 5.94. The van der Waals surface area contributed by atoms with Crippen molar-refractivity contribution in [3.05, 3.63) is 70.8 Å². The van der Waals surface area contributed by atoms with E-state index in [0.717, 1.165) is 5.56 Å². The predicted molar refractivity (Wildman–Crippen MR) is 146 cm³/mol. The molecule has 0 aromatic heterocycles. The Morgan fingerprint density at radius 2 is 1.12 bits per heavy atom. The van der Waals surface area contributed by atoms with E-state index in [0.29, 0.717) is 28.7 Å². The second-order valence-electron chi connectivity index (χ2n) is 9.73. The average Bonchev–Trinajstić information content (AvgIpc) is 2.86. The number of ketones is 1. The minimum absolute atomic E-state index is 0.0316. The van der Waals surface area contributed by atoms with Gasteiger partial charge in [0.1, 0.15) is 11.5 Å². The number of allylic oxidation sites excluding steroid dienone is 1. The highest BCUT2D eigenvalue weighted by Gasteiger charge is 2.18. The van der Waals surface area contributed by atoms with E-state index in [1.54, 1.807) is 36.1 Å². The zero-order chi connectivity index (χ0) is 29.8. The van der Waals surface area contributed by atoms with Gasteiger partial charge in [0.05, 0.1) is 13.1 Å². The number of carbonyl (C=O) groups excluding carboxylic acids is 1. The summed E-state index contributed by atoms with van der Waals surface area (Å²) in [4.78, 5) is 49.0. The maximum absolute atomic E-state index is 11.9. The standard InChI is InChI=1S/C29H36N2O9/c1-19(2)24(32)7-3-20-4-8-25(33)22(13-20)15-30(17-28(37)38)11-12-31(18-29(39)40)16-23-14-21(5-9-26(23)34)6-10-27(35)36/h4-5,8-9,13-14,33-34H,1,3,6-7,10-12,15-18H2,2H3,(H,35,36)(H,37,38)(H,39,40). The number of aliphatic carboxylic acids is 3. The van der Waals surface area contributed by atoms with Gasteiger partial charge in [-0.3, -0.25) is 29.0 Å².